The Morgan fingerprint density at radius 1 is 1.41 bits per heavy atom. The highest BCUT2D eigenvalue weighted by atomic mass is 35.5. The number of nitrogen functional groups attached to an aromatic ring is 1. The van der Waals surface area contributed by atoms with Gasteiger partial charge in [-0.25, -0.2) is 8.42 Å². The molecule has 1 aromatic carbocycles. The van der Waals surface area contributed by atoms with E-state index in [2.05, 4.69) is 5.32 Å². The molecule has 0 bridgehead atoms. The lowest BCUT2D eigenvalue weighted by Crippen LogP contribution is -2.43. The first-order valence-electron chi connectivity index (χ1n) is 6.53. The predicted molar refractivity (Wildman–Crippen MR) is 84.3 cm³/mol. The number of benzene rings is 1. The maximum atomic E-state index is 12.1. The van der Waals surface area contributed by atoms with Crippen LogP contribution in [0.15, 0.2) is 18.2 Å². The maximum absolute atomic E-state index is 12.1. The largest absolute Gasteiger partial charge is 0.399 e. The zero-order valence-electron chi connectivity index (χ0n) is 11.9. The van der Waals surface area contributed by atoms with Gasteiger partial charge in [0.25, 0.3) is 0 Å². The Bertz CT molecular complexity index is 720. The van der Waals surface area contributed by atoms with Crippen molar-refractivity contribution in [2.24, 2.45) is 0 Å². The summed E-state index contributed by atoms with van der Waals surface area (Å²) in [6, 6.07) is 4.00. The van der Waals surface area contributed by atoms with E-state index >= 15 is 0 Å². The van der Waals surface area contributed by atoms with Gasteiger partial charge in [-0.15, -0.1) is 0 Å². The van der Waals surface area contributed by atoms with E-state index in [9.17, 15) is 18.0 Å². The van der Waals surface area contributed by atoms with Crippen molar-refractivity contribution in [1.82, 2.24) is 4.90 Å². The number of hydrogen-bond acceptors (Lipinski definition) is 5. The van der Waals surface area contributed by atoms with Crippen LogP contribution >= 0.6 is 11.6 Å². The van der Waals surface area contributed by atoms with Gasteiger partial charge in [-0.3, -0.25) is 9.59 Å². The van der Waals surface area contributed by atoms with Gasteiger partial charge in [-0.1, -0.05) is 11.6 Å². The second-order valence-electron chi connectivity index (χ2n) is 5.17. The van der Waals surface area contributed by atoms with Crippen molar-refractivity contribution < 1.29 is 18.0 Å². The molecule has 9 heteroatoms. The van der Waals surface area contributed by atoms with Crippen LogP contribution in [0.4, 0.5) is 11.4 Å². The van der Waals surface area contributed by atoms with Crippen LogP contribution in [0.1, 0.15) is 6.42 Å². The lowest BCUT2D eigenvalue weighted by molar-refractivity contribution is -0.143. The van der Waals surface area contributed by atoms with E-state index in [-0.39, 0.29) is 22.2 Å². The van der Waals surface area contributed by atoms with Crippen LogP contribution in [-0.2, 0) is 19.4 Å². The van der Waals surface area contributed by atoms with Crippen LogP contribution in [0, 0.1) is 0 Å². The van der Waals surface area contributed by atoms with Gasteiger partial charge in [0.15, 0.2) is 9.84 Å². The zero-order chi connectivity index (χ0) is 16.5. The number of rotatable bonds is 2. The lowest BCUT2D eigenvalue weighted by atomic mass is 10.2. The fourth-order valence-electron chi connectivity index (χ4n) is 2.22. The van der Waals surface area contributed by atoms with E-state index in [1.807, 2.05) is 0 Å². The molecule has 120 valence electrons. The third-order valence-electron chi connectivity index (χ3n) is 3.51. The summed E-state index contributed by atoms with van der Waals surface area (Å²) in [6.07, 6.45) is 0.334. The number of hydrogen-bond donors (Lipinski definition) is 2. The standard InChI is InChI=1S/C13H16ClN3O4S/c1-17(9-4-5-22(20,21)7-9)13(19)12(18)16-11-3-2-8(15)6-10(11)14/h2-3,6,9H,4-5,7,15H2,1H3,(H,16,18). The average Bonchev–Trinajstić information content (AvgIpc) is 2.80. The number of nitrogens with one attached hydrogen (secondary N) is 1. The van der Waals surface area contributed by atoms with Crippen LogP contribution in [0.3, 0.4) is 0 Å². The van der Waals surface area contributed by atoms with Gasteiger partial charge in [-0.05, 0) is 24.6 Å². The molecule has 7 nitrogen and oxygen atoms in total. The van der Waals surface area contributed by atoms with Crippen molar-refractivity contribution in [1.29, 1.82) is 0 Å². The fraction of sp³-hybridized carbons (Fsp3) is 0.385. The number of carbonyl (C=O) groups is 2. The lowest BCUT2D eigenvalue weighted by Gasteiger charge is -2.22. The molecule has 22 heavy (non-hydrogen) atoms. The van der Waals surface area contributed by atoms with Crippen LogP contribution in [0.25, 0.3) is 0 Å². The molecule has 2 amide bonds. The molecule has 3 N–H and O–H groups in total. The summed E-state index contributed by atoms with van der Waals surface area (Å²) < 4.78 is 22.9. The molecule has 1 fully saturated rings. The topological polar surface area (TPSA) is 110 Å². The highest BCUT2D eigenvalue weighted by molar-refractivity contribution is 7.91. The minimum atomic E-state index is -3.13. The summed E-state index contributed by atoms with van der Waals surface area (Å²) in [4.78, 5) is 25.2. The van der Waals surface area contributed by atoms with E-state index in [1.54, 1.807) is 6.07 Å². The Hall–Kier alpha value is -1.80. The summed E-state index contributed by atoms with van der Waals surface area (Å²) in [6.45, 7) is 0. The molecular weight excluding hydrogens is 330 g/mol. The zero-order valence-corrected chi connectivity index (χ0v) is 13.4. The van der Waals surface area contributed by atoms with Crippen molar-refractivity contribution in [3.05, 3.63) is 23.2 Å². The smallest absolute Gasteiger partial charge is 0.313 e. The molecule has 1 unspecified atom stereocenters. The molecule has 1 aliphatic rings. The van der Waals surface area contributed by atoms with E-state index in [0.717, 1.165) is 4.90 Å². The predicted octanol–water partition coefficient (Wildman–Crippen LogP) is 0.506. The average molecular weight is 346 g/mol. The molecule has 1 atom stereocenters. The first-order valence-corrected chi connectivity index (χ1v) is 8.73. The fourth-order valence-corrected chi connectivity index (χ4v) is 4.23. The molecule has 1 heterocycles. The summed E-state index contributed by atoms with van der Waals surface area (Å²) in [5.74, 6) is -1.78. The maximum Gasteiger partial charge on any atom is 0.313 e. The summed E-state index contributed by atoms with van der Waals surface area (Å²) in [7, 11) is -1.72. The first kappa shape index (κ1) is 16.6. The van der Waals surface area contributed by atoms with Gasteiger partial charge < -0.3 is 16.0 Å². The van der Waals surface area contributed by atoms with Gasteiger partial charge in [0, 0.05) is 18.8 Å². The normalized spacial score (nSPS) is 19.6. The summed E-state index contributed by atoms with van der Waals surface area (Å²) in [5, 5.41) is 2.61. The Morgan fingerprint density at radius 3 is 2.64 bits per heavy atom. The monoisotopic (exact) mass is 345 g/mol. The van der Waals surface area contributed by atoms with Crippen LogP contribution in [0.5, 0.6) is 0 Å². The van der Waals surface area contributed by atoms with E-state index in [1.165, 1.54) is 19.2 Å². The number of nitrogens with zero attached hydrogens (tertiary/aromatic N) is 1. The van der Waals surface area contributed by atoms with Crippen molar-refractivity contribution in [3.8, 4) is 0 Å². The minimum Gasteiger partial charge on any atom is -0.399 e. The molecule has 1 aromatic rings. The van der Waals surface area contributed by atoms with E-state index < -0.39 is 27.7 Å². The number of halogens is 1. The number of carbonyl (C=O) groups excluding carboxylic acids is 2. The van der Waals surface area contributed by atoms with Crippen molar-refractivity contribution in [2.75, 3.05) is 29.6 Å². The van der Waals surface area contributed by atoms with Crippen molar-refractivity contribution in [2.45, 2.75) is 12.5 Å². The molecule has 0 aliphatic carbocycles. The molecule has 0 saturated carbocycles. The summed E-state index contributed by atoms with van der Waals surface area (Å²) in [5.41, 5.74) is 6.24. The second kappa shape index (κ2) is 6.13. The van der Waals surface area contributed by atoms with Gasteiger partial charge in [0.1, 0.15) is 0 Å². The van der Waals surface area contributed by atoms with Crippen LogP contribution in [-0.4, -0.2) is 49.7 Å². The number of likely N-dealkylation sites (N-methyl/N-ethyl adjacent to an activating group) is 1. The number of anilines is 2. The van der Waals surface area contributed by atoms with E-state index in [4.69, 9.17) is 17.3 Å². The third kappa shape index (κ3) is 3.69. The molecule has 1 saturated heterocycles. The Kier molecular flexibility index (Phi) is 4.62. The molecule has 2 rings (SSSR count). The third-order valence-corrected chi connectivity index (χ3v) is 5.58. The Balaban J connectivity index is 2.04. The van der Waals surface area contributed by atoms with Gasteiger partial charge in [0.2, 0.25) is 0 Å². The number of amides is 2. The highest BCUT2D eigenvalue weighted by Crippen LogP contribution is 2.24. The molecule has 0 spiro atoms. The SMILES string of the molecule is CN(C(=O)C(=O)Nc1ccc(N)cc1Cl)C1CCS(=O)(=O)C1. The Morgan fingerprint density at radius 2 is 2.09 bits per heavy atom. The van der Waals surface area contributed by atoms with Gasteiger partial charge in [0.05, 0.1) is 22.2 Å². The molecule has 0 aromatic heterocycles. The molecule has 0 radical (unpaired) electrons. The Labute approximate surface area is 133 Å². The van der Waals surface area contributed by atoms with Crippen molar-refractivity contribution >= 4 is 44.6 Å². The van der Waals surface area contributed by atoms with E-state index in [0.29, 0.717) is 12.1 Å². The number of nitrogens with two attached hydrogens (primary N) is 1. The summed E-state index contributed by atoms with van der Waals surface area (Å²) >= 11 is 5.92. The minimum absolute atomic E-state index is 0.0285. The van der Waals surface area contributed by atoms with Crippen molar-refractivity contribution in [3.63, 3.8) is 0 Å². The highest BCUT2D eigenvalue weighted by Gasteiger charge is 2.34. The van der Waals surface area contributed by atoms with Gasteiger partial charge in [-0.2, -0.15) is 0 Å². The van der Waals surface area contributed by atoms with Crippen LogP contribution in [0.2, 0.25) is 5.02 Å². The van der Waals surface area contributed by atoms with Crippen LogP contribution < -0.4 is 11.1 Å². The molecular formula is C13H16ClN3O4S. The van der Waals surface area contributed by atoms with Gasteiger partial charge >= 0.3 is 11.8 Å². The quantitative estimate of drug-likeness (QED) is 0.599. The number of sulfone groups is 1. The molecule has 1 aliphatic heterocycles. The first-order chi connectivity index (χ1) is 10.2. The second-order valence-corrected chi connectivity index (χ2v) is 7.80.